The monoisotopic (exact) mass is 342 g/mol. The van der Waals surface area contributed by atoms with E-state index in [4.69, 9.17) is 0 Å². The summed E-state index contributed by atoms with van der Waals surface area (Å²) in [7, 11) is 0. The van der Waals surface area contributed by atoms with Gasteiger partial charge >= 0.3 is 0 Å². The smallest absolute Gasteiger partial charge is 0.155 e. The minimum atomic E-state index is 0.200. The molecule has 2 rings (SSSR count). The molecule has 0 spiro atoms. The Balaban J connectivity index is 1.69. The molecular formula is C19H19BrO. The van der Waals surface area contributed by atoms with Crippen molar-refractivity contribution >= 4 is 27.8 Å². The van der Waals surface area contributed by atoms with Gasteiger partial charge in [0.25, 0.3) is 0 Å². The van der Waals surface area contributed by atoms with Crippen molar-refractivity contribution in [3.05, 3.63) is 76.3 Å². The van der Waals surface area contributed by atoms with Crippen LogP contribution < -0.4 is 0 Å². The summed E-state index contributed by atoms with van der Waals surface area (Å²) in [6.07, 6.45) is 7.24. The molecule has 2 aromatic carbocycles. The van der Waals surface area contributed by atoms with Crippen LogP contribution in [-0.4, -0.2) is 5.78 Å². The SMILES string of the molecule is O=C(/C=C/c1ccc(Br)cc1)CCCCc1ccccc1. The Bertz CT molecular complexity index is 585. The molecule has 0 saturated heterocycles. The van der Waals surface area contributed by atoms with Crippen LogP contribution in [-0.2, 0) is 11.2 Å². The number of rotatable bonds is 7. The van der Waals surface area contributed by atoms with Gasteiger partial charge in [-0.25, -0.2) is 0 Å². The lowest BCUT2D eigenvalue weighted by Crippen LogP contribution is -1.93. The molecule has 2 aromatic rings. The van der Waals surface area contributed by atoms with E-state index in [1.165, 1.54) is 5.56 Å². The van der Waals surface area contributed by atoms with Gasteiger partial charge in [0.15, 0.2) is 5.78 Å². The standard InChI is InChI=1S/C19H19BrO/c20-18-13-10-17(11-14-18)12-15-19(21)9-5-4-8-16-6-2-1-3-7-16/h1-3,6-7,10-15H,4-5,8-9H2/b15-12+. The normalized spacial score (nSPS) is 10.9. The van der Waals surface area contributed by atoms with Crippen LogP contribution in [0.25, 0.3) is 6.08 Å². The van der Waals surface area contributed by atoms with Gasteiger partial charge in [-0.2, -0.15) is 0 Å². The van der Waals surface area contributed by atoms with E-state index in [9.17, 15) is 4.79 Å². The largest absolute Gasteiger partial charge is 0.295 e. The second-order valence-corrected chi connectivity index (χ2v) is 5.96. The highest BCUT2D eigenvalue weighted by molar-refractivity contribution is 9.10. The number of hydrogen-bond acceptors (Lipinski definition) is 1. The lowest BCUT2D eigenvalue weighted by atomic mass is 10.1. The average Bonchev–Trinajstić information content (AvgIpc) is 2.52. The molecule has 0 radical (unpaired) electrons. The molecule has 0 aliphatic carbocycles. The van der Waals surface area contributed by atoms with Crippen LogP contribution in [0.3, 0.4) is 0 Å². The molecule has 0 aliphatic heterocycles. The molecule has 0 N–H and O–H groups in total. The third-order valence-electron chi connectivity index (χ3n) is 3.31. The van der Waals surface area contributed by atoms with Gasteiger partial charge in [-0.3, -0.25) is 4.79 Å². The molecule has 0 aromatic heterocycles. The van der Waals surface area contributed by atoms with Crippen LogP contribution in [0.5, 0.6) is 0 Å². The van der Waals surface area contributed by atoms with Crippen molar-refractivity contribution in [1.82, 2.24) is 0 Å². The van der Waals surface area contributed by atoms with Crippen molar-refractivity contribution in [1.29, 1.82) is 0 Å². The van der Waals surface area contributed by atoms with Crippen molar-refractivity contribution in [2.75, 3.05) is 0 Å². The molecule has 0 fully saturated rings. The molecule has 0 heterocycles. The number of allylic oxidation sites excluding steroid dienone is 1. The number of unbranched alkanes of at least 4 members (excludes halogenated alkanes) is 1. The fourth-order valence-corrected chi connectivity index (χ4v) is 2.38. The summed E-state index contributed by atoms with van der Waals surface area (Å²) in [5.41, 5.74) is 2.39. The topological polar surface area (TPSA) is 17.1 Å². The Morgan fingerprint density at radius 2 is 1.67 bits per heavy atom. The minimum Gasteiger partial charge on any atom is -0.295 e. The van der Waals surface area contributed by atoms with Crippen LogP contribution in [0.1, 0.15) is 30.4 Å². The summed E-state index contributed by atoms with van der Waals surface area (Å²) in [4.78, 5) is 11.8. The Kier molecular flexibility index (Phi) is 6.42. The van der Waals surface area contributed by atoms with Crippen molar-refractivity contribution in [3.8, 4) is 0 Å². The van der Waals surface area contributed by atoms with Gasteiger partial charge in [0.1, 0.15) is 0 Å². The Labute approximate surface area is 134 Å². The molecule has 21 heavy (non-hydrogen) atoms. The average molecular weight is 343 g/mol. The van der Waals surface area contributed by atoms with E-state index in [0.29, 0.717) is 6.42 Å². The van der Waals surface area contributed by atoms with E-state index >= 15 is 0 Å². The summed E-state index contributed by atoms with van der Waals surface area (Å²) >= 11 is 3.40. The first-order valence-electron chi connectivity index (χ1n) is 7.24. The first-order valence-corrected chi connectivity index (χ1v) is 8.04. The van der Waals surface area contributed by atoms with E-state index in [1.54, 1.807) is 6.08 Å². The maximum absolute atomic E-state index is 11.8. The van der Waals surface area contributed by atoms with Crippen LogP contribution in [0.4, 0.5) is 0 Å². The summed E-state index contributed by atoms with van der Waals surface area (Å²) in [6.45, 7) is 0. The van der Waals surface area contributed by atoms with Gasteiger partial charge in [0, 0.05) is 10.9 Å². The fraction of sp³-hybridized carbons (Fsp3) is 0.211. The second kappa shape index (κ2) is 8.58. The van der Waals surface area contributed by atoms with Crippen LogP contribution in [0, 0.1) is 0 Å². The highest BCUT2D eigenvalue weighted by Crippen LogP contribution is 2.12. The number of ketones is 1. The molecule has 0 atom stereocenters. The van der Waals surface area contributed by atoms with E-state index in [-0.39, 0.29) is 5.78 Å². The number of carbonyl (C=O) groups is 1. The van der Waals surface area contributed by atoms with Gasteiger partial charge in [0.2, 0.25) is 0 Å². The van der Waals surface area contributed by atoms with Crippen molar-refractivity contribution in [2.24, 2.45) is 0 Å². The van der Waals surface area contributed by atoms with Gasteiger partial charge in [0.05, 0.1) is 0 Å². The van der Waals surface area contributed by atoms with Crippen molar-refractivity contribution in [3.63, 3.8) is 0 Å². The molecule has 0 aliphatic rings. The molecule has 1 nitrogen and oxygen atoms in total. The Morgan fingerprint density at radius 1 is 0.952 bits per heavy atom. The fourth-order valence-electron chi connectivity index (χ4n) is 2.12. The number of benzene rings is 2. The summed E-state index contributed by atoms with van der Waals surface area (Å²) < 4.78 is 1.05. The zero-order chi connectivity index (χ0) is 14.9. The van der Waals surface area contributed by atoms with Crippen LogP contribution in [0.2, 0.25) is 0 Å². The number of halogens is 1. The third-order valence-corrected chi connectivity index (χ3v) is 3.84. The maximum Gasteiger partial charge on any atom is 0.155 e. The number of carbonyl (C=O) groups excluding carboxylic acids is 1. The Morgan fingerprint density at radius 3 is 2.38 bits per heavy atom. The zero-order valence-corrected chi connectivity index (χ0v) is 13.6. The van der Waals surface area contributed by atoms with Crippen molar-refractivity contribution in [2.45, 2.75) is 25.7 Å². The summed E-state index contributed by atoms with van der Waals surface area (Å²) in [6, 6.07) is 18.3. The van der Waals surface area contributed by atoms with Crippen LogP contribution in [0.15, 0.2) is 65.1 Å². The molecule has 0 unspecified atom stereocenters. The number of hydrogen-bond donors (Lipinski definition) is 0. The minimum absolute atomic E-state index is 0.200. The maximum atomic E-state index is 11.8. The molecular weight excluding hydrogens is 324 g/mol. The highest BCUT2D eigenvalue weighted by Gasteiger charge is 1.98. The highest BCUT2D eigenvalue weighted by atomic mass is 79.9. The van der Waals surface area contributed by atoms with Gasteiger partial charge < -0.3 is 0 Å². The van der Waals surface area contributed by atoms with E-state index in [1.807, 2.05) is 36.4 Å². The molecule has 0 saturated carbocycles. The lowest BCUT2D eigenvalue weighted by Gasteiger charge is -2.00. The predicted octanol–water partition coefficient (Wildman–Crippen LogP) is 5.44. The zero-order valence-electron chi connectivity index (χ0n) is 12.0. The third kappa shape index (κ3) is 6.09. The van der Waals surface area contributed by atoms with E-state index in [2.05, 4.69) is 40.2 Å². The van der Waals surface area contributed by atoms with Gasteiger partial charge in [-0.15, -0.1) is 0 Å². The Hall–Kier alpha value is -1.67. The molecule has 108 valence electrons. The first kappa shape index (κ1) is 15.7. The predicted molar refractivity (Wildman–Crippen MR) is 92.2 cm³/mol. The number of aryl methyl sites for hydroxylation is 1. The molecule has 0 bridgehead atoms. The second-order valence-electron chi connectivity index (χ2n) is 5.04. The lowest BCUT2D eigenvalue weighted by molar-refractivity contribution is -0.114. The molecule has 0 amide bonds. The van der Waals surface area contributed by atoms with Crippen molar-refractivity contribution < 1.29 is 4.79 Å². The first-order chi connectivity index (χ1) is 10.2. The van der Waals surface area contributed by atoms with E-state index in [0.717, 1.165) is 29.3 Å². The van der Waals surface area contributed by atoms with E-state index < -0.39 is 0 Å². The van der Waals surface area contributed by atoms with Gasteiger partial charge in [-0.05, 0) is 48.6 Å². The quantitative estimate of drug-likeness (QED) is 0.483. The summed E-state index contributed by atoms with van der Waals surface area (Å²) in [5.74, 6) is 0.200. The summed E-state index contributed by atoms with van der Waals surface area (Å²) in [5, 5.41) is 0. The van der Waals surface area contributed by atoms with Gasteiger partial charge in [-0.1, -0.05) is 64.5 Å². The van der Waals surface area contributed by atoms with Crippen LogP contribution >= 0.6 is 15.9 Å². The molecule has 2 heteroatoms.